The molecule has 0 spiro atoms. The van der Waals surface area contributed by atoms with Crippen molar-refractivity contribution < 1.29 is 20.4 Å². The molecule has 10 heteroatoms. The minimum atomic E-state index is -0.595. The lowest BCUT2D eigenvalue weighted by Crippen LogP contribution is -2.46. The third-order valence-corrected chi connectivity index (χ3v) is 7.10. The van der Waals surface area contributed by atoms with Crippen LogP contribution in [0.2, 0.25) is 0 Å². The van der Waals surface area contributed by atoms with E-state index < -0.39 is 46.6 Å². The predicted octanol–water partition coefficient (Wildman–Crippen LogP) is 1.35. The van der Waals surface area contributed by atoms with E-state index in [0.29, 0.717) is 57.8 Å². The number of aliphatic hydroxyl groups excluding tert-OH is 4. The molecule has 0 fully saturated rings. The first kappa shape index (κ1) is 40.6. The quantitative estimate of drug-likeness (QED) is 0.0861. The van der Waals surface area contributed by atoms with Crippen LogP contribution in [0.4, 0.5) is 0 Å². The van der Waals surface area contributed by atoms with Crippen LogP contribution in [-0.2, 0) is 0 Å². The summed E-state index contributed by atoms with van der Waals surface area (Å²) in [4.78, 5) is 4.27. The zero-order chi connectivity index (χ0) is 32.2. The van der Waals surface area contributed by atoms with Gasteiger partial charge in [-0.1, -0.05) is 13.3 Å². The number of rotatable bonds is 23. The van der Waals surface area contributed by atoms with Gasteiger partial charge in [-0.15, -0.1) is 0 Å². The average Bonchev–Trinajstić information content (AvgIpc) is 2.66. The van der Waals surface area contributed by atoms with Crippen molar-refractivity contribution in [1.29, 1.82) is 0 Å². The number of nitrogens with two attached hydrogens (primary N) is 4. The Balaban J connectivity index is 5.38. The molecule has 0 aliphatic carbocycles. The summed E-state index contributed by atoms with van der Waals surface area (Å²) in [6.45, 7) is 20.6. The SMILES string of the molecule is CCC(CCCN(CC(O)CC(C)(C)N)CC(O)CC(C)(C)N)CN(CC(O)CC(C)(C)N)CC(O)CC(C)(C)N. The van der Waals surface area contributed by atoms with Crippen LogP contribution in [0.3, 0.4) is 0 Å². The van der Waals surface area contributed by atoms with Gasteiger partial charge in [-0.3, -0.25) is 9.80 Å². The molecular weight excluding hydrogens is 520 g/mol. The Morgan fingerprint density at radius 1 is 0.512 bits per heavy atom. The van der Waals surface area contributed by atoms with Crippen molar-refractivity contribution in [3.8, 4) is 0 Å². The van der Waals surface area contributed by atoms with Gasteiger partial charge < -0.3 is 43.4 Å². The van der Waals surface area contributed by atoms with Gasteiger partial charge >= 0.3 is 0 Å². The van der Waals surface area contributed by atoms with E-state index in [2.05, 4.69) is 16.7 Å². The third-order valence-electron chi connectivity index (χ3n) is 7.10. The van der Waals surface area contributed by atoms with Crippen LogP contribution in [-0.4, -0.2) is 116 Å². The summed E-state index contributed by atoms with van der Waals surface area (Å²) in [6.07, 6.45) is 2.30. The van der Waals surface area contributed by atoms with E-state index in [0.717, 1.165) is 32.4 Å². The molecule has 248 valence electrons. The van der Waals surface area contributed by atoms with E-state index in [9.17, 15) is 20.4 Å². The molecule has 0 aromatic heterocycles. The highest BCUT2D eigenvalue weighted by Gasteiger charge is 2.26. The highest BCUT2D eigenvalue weighted by Crippen LogP contribution is 2.19. The molecule has 0 bridgehead atoms. The van der Waals surface area contributed by atoms with Crippen molar-refractivity contribution >= 4 is 0 Å². The van der Waals surface area contributed by atoms with Crippen molar-refractivity contribution in [3.05, 3.63) is 0 Å². The number of hydrogen-bond acceptors (Lipinski definition) is 10. The van der Waals surface area contributed by atoms with E-state index in [1.54, 1.807) is 0 Å². The lowest BCUT2D eigenvalue weighted by Gasteiger charge is -2.34. The molecule has 0 saturated heterocycles. The maximum atomic E-state index is 10.8. The van der Waals surface area contributed by atoms with Crippen LogP contribution < -0.4 is 22.9 Å². The fraction of sp³-hybridized carbons (Fsp3) is 1.00. The van der Waals surface area contributed by atoms with E-state index in [1.807, 2.05) is 55.4 Å². The van der Waals surface area contributed by atoms with Gasteiger partial charge in [-0.25, -0.2) is 0 Å². The largest absolute Gasteiger partial charge is 0.392 e. The summed E-state index contributed by atoms with van der Waals surface area (Å²) in [7, 11) is 0. The van der Waals surface area contributed by atoms with E-state index in [-0.39, 0.29) is 0 Å². The molecule has 0 aliphatic rings. The maximum absolute atomic E-state index is 10.8. The second kappa shape index (κ2) is 17.8. The van der Waals surface area contributed by atoms with E-state index >= 15 is 0 Å². The first-order valence-corrected chi connectivity index (χ1v) is 15.7. The minimum absolute atomic E-state index is 0.355. The molecule has 0 aliphatic heterocycles. The summed E-state index contributed by atoms with van der Waals surface area (Å²) >= 11 is 0. The summed E-state index contributed by atoms with van der Waals surface area (Å²) in [5.41, 5.74) is 22.7. The average molecular weight is 591 g/mol. The molecule has 12 N–H and O–H groups in total. The van der Waals surface area contributed by atoms with Gasteiger partial charge in [-0.05, 0) is 106 Å². The Hall–Kier alpha value is -0.400. The van der Waals surface area contributed by atoms with Crippen molar-refractivity contribution in [2.24, 2.45) is 28.9 Å². The first-order valence-electron chi connectivity index (χ1n) is 15.7. The Morgan fingerprint density at radius 2 is 0.805 bits per heavy atom. The zero-order valence-electron chi connectivity index (χ0n) is 28.1. The van der Waals surface area contributed by atoms with Crippen molar-refractivity contribution in [2.75, 3.05) is 39.3 Å². The lowest BCUT2D eigenvalue weighted by atomic mass is 9.94. The van der Waals surface area contributed by atoms with Gasteiger partial charge in [0.15, 0.2) is 0 Å². The summed E-state index contributed by atoms with van der Waals surface area (Å²) in [5.74, 6) is 0.355. The first-order chi connectivity index (χ1) is 18.4. The topological polar surface area (TPSA) is 191 Å². The number of aliphatic hydroxyl groups is 4. The second-order valence-electron chi connectivity index (χ2n) is 15.8. The molecule has 0 aromatic carbocycles. The molecule has 5 unspecified atom stereocenters. The highest BCUT2D eigenvalue weighted by molar-refractivity contribution is 4.84. The molecule has 0 rings (SSSR count). The molecule has 0 saturated carbocycles. The monoisotopic (exact) mass is 591 g/mol. The lowest BCUT2D eigenvalue weighted by molar-refractivity contribution is 0.0386. The maximum Gasteiger partial charge on any atom is 0.0684 e. The summed E-state index contributed by atoms with van der Waals surface area (Å²) in [6, 6.07) is 0. The number of hydrogen-bond donors (Lipinski definition) is 8. The van der Waals surface area contributed by atoms with Gasteiger partial charge in [0, 0.05) is 54.9 Å². The van der Waals surface area contributed by atoms with E-state index in [4.69, 9.17) is 22.9 Å². The predicted molar refractivity (Wildman–Crippen MR) is 171 cm³/mol. The molecule has 5 atom stereocenters. The minimum Gasteiger partial charge on any atom is -0.392 e. The van der Waals surface area contributed by atoms with Crippen LogP contribution in [0.25, 0.3) is 0 Å². The molecule has 0 heterocycles. The van der Waals surface area contributed by atoms with Crippen LogP contribution in [0.5, 0.6) is 0 Å². The fourth-order valence-electron chi connectivity index (χ4n) is 5.75. The Labute approximate surface area is 252 Å². The van der Waals surface area contributed by atoms with Crippen LogP contribution >= 0.6 is 0 Å². The normalized spacial score (nSPS) is 17.6. The smallest absolute Gasteiger partial charge is 0.0684 e. The van der Waals surface area contributed by atoms with E-state index in [1.165, 1.54) is 0 Å². The van der Waals surface area contributed by atoms with Crippen molar-refractivity contribution in [2.45, 2.75) is 154 Å². The van der Waals surface area contributed by atoms with Gasteiger partial charge in [-0.2, -0.15) is 0 Å². The zero-order valence-corrected chi connectivity index (χ0v) is 28.1. The van der Waals surface area contributed by atoms with Gasteiger partial charge in [0.2, 0.25) is 0 Å². The van der Waals surface area contributed by atoms with Crippen molar-refractivity contribution in [3.63, 3.8) is 0 Å². The summed E-state index contributed by atoms with van der Waals surface area (Å²) in [5, 5.41) is 42.9. The Morgan fingerprint density at radius 3 is 1.07 bits per heavy atom. The summed E-state index contributed by atoms with van der Waals surface area (Å²) < 4.78 is 0. The molecule has 0 aromatic rings. The molecule has 41 heavy (non-hydrogen) atoms. The standard InChI is InChI=1S/C31H70N6O4/c1-10-23(18-37(21-26(40)16-30(6,7)34)22-27(41)17-31(8,9)35)12-11-13-36(19-24(38)14-28(2,3)32)20-25(39)15-29(4,5)33/h23-27,38-41H,10-22,32-35H2,1-9H3. The van der Waals surface area contributed by atoms with Crippen LogP contribution in [0.1, 0.15) is 107 Å². The fourth-order valence-corrected chi connectivity index (χ4v) is 5.75. The van der Waals surface area contributed by atoms with Gasteiger partial charge in [0.25, 0.3) is 0 Å². The number of nitrogens with zero attached hydrogens (tertiary/aromatic N) is 2. The molecule has 10 nitrogen and oxygen atoms in total. The van der Waals surface area contributed by atoms with Gasteiger partial charge in [0.05, 0.1) is 24.4 Å². The van der Waals surface area contributed by atoms with Crippen LogP contribution in [0.15, 0.2) is 0 Å². The third kappa shape index (κ3) is 24.7. The Kier molecular flexibility index (Phi) is 17.6. The molecule has 0 radical (unpaired) electrons. The molecular formula is C31H70N6O4. The Bertz CT molecular complexity index is 636. The molecule has 0 amide bonds. The van der Waals surface area contributed by atoms with Gasteiger partial charge in [0.1, 0.15) is 0 Å². The second-order valence-corrected chi connectivity index (χ2v) is 15.8. The van der Waals surface area contributed by atoms with Crippen molar-refractivity contribution in [1.82, 2.24) is 9.80 Å². The highest BCUT2D eigenvalue weighted by atomic mass is 16.3. The van der Waals surface area contributed by atoms with Crippen LogP contribution in [0, 0.1) is 5.92 Å².